The van der Waals surface area contributed by atoms with E-state index in [1.54, 1.807) is 12.1 Å². The molecular formula is C16H19NO4S2. The summed E-state index contributed by atoms with van der Waals surface area (Å²) in [5, 5.41) is 3.83. The largest absolute Gasteiger partial charge is 0.383 e. The number of thiophene rings is 1. The minimum absolute atomic E-state index is 0.122. The summed E-state index contributed by atoms with van der Waals surface area (Å²) in [5.41, 5.74) is 1.31. The molecule has 0 aliphatic heterocycles. The van der Waals surface area contributed by atoms with E-state index >= 15 is 0 Å². The number of carbonyl (C=O) groups excluding carboxylic acids is 1. The number of benzene rings is 1. The highest BCUT2D eigenvalue weighted by atomic mass is 32.2. The first-order valence-electron chi connectivity index (χ1n) is 7.06. The van der Waals surface area contributed by atoms with Gasteiger partial charge in [0.25, 0.3) is 0 Å². The molecular weight excluding hydrogens is 334 g/mol. The standard InChI is InChI=1S/C16H19NO4S2/c1-13(18)15-4-3-5-16(10-15)23(19,20)17(7-8-21-2)11-14-6-9-22-12-14/h3-6,9-10,12H,7-8,11H2,1-2H3. The number of hydrogen-bond acceptors (Lipinski definition) is 5. The molecule has 0 aliphatic carbocycles. The van der Waals surface area contributed by atoms with Crippen molar-refractivity contribution in [3.63, 3.8) is 0 Å². The molecule has 1 heterocycles. The first-order valence-corrected chi connectivity index (χ1v) is 9.44. The summed E-state index contributed by atoms with van der Waals surface area (Å²) in [5.74, 6) is -0.164. The summed E-state index contributed by atoms with van der Waals surface area (Å²) in [6.07, 6.45) is 0. The van der Waals surface area contributed by atoms with Gasteiger partial charge in [-0.25, -0.2) is 8.42 Å². The number of nitrogens with zero attached hydrogens (tertiary/aromatic N) is 1. The van der Waals surface area contributed by atoms with Crippen LogP contribution in [0.15, 0.2) is 46.0 Å². The Morgan fingerprint density at radius 3 is 2.70 bits per heavy atom. The number of hydrogen-bond donors (Lipinski definition) is 0. The van der Waals surface area contributed by atoms with Gasteiger partial charge in [-0.1, -0.05) is 12.1 Å². The Labute approximate surface area is 140 Å². The fraction of sp³-hybridized carbons (Fsp3) is 0.312. The number of sulfonamides is 1. The summed E-state index contributed by atoms with van der Waals surface area (Å²) in [6.45, 7) is 2.24. The monoisotopic (exact) mass is 353 g/mol. The molecule has 7 heteroatoms. The van der Waals surface area contributed by atoms with Crippen LogP contribution in [-0.4, -0.2) is 38.8 Å². The summed E-state index contributed by atoms with van der Waals surface area (Å²) in [7, 11) is -2.17. The lowest BCUT2D eigenvalue weighted by Crippen LogP contribution is -2.33. The molecule has 0 radical (unpaired) electrons. The van der Waals surface area contributed by atoms with Gasteiger partial charge in [-0.3, -0.25) is 4.79 Å². The quantitative estimate of drug-likeness (QED) is 0.685. The van der Waals surface area contributed by atoms with Gasteiger partial charge in [0.2, 0.25) is 10.0 Å². The third-order valence-electron chi connectivity index (χ3n) is 3.36. The Hall–Kier alpha value is -1.54. The van der Waals surface area contributed by atoms with Crippen molar-refractivity contribution in [2.24, 2.45) is 0 Å². The topological polar surface area (TPSA) is 63.7 Å². The first kappa shape index (κ1) is 17.8. The maximum Gasteiger partial charge on any atom is 0.243 e. The molecule has 0 amide bonds. The average Bonchev–Trinajstić information content (AvgIpc) is 3.04. The van der Waals surface area contributed by atoms with Crippen molar-refractivity contribution in [2.75, 3.05) is 20.3 Å². The molecule has 23 heavy (non-hydrogen) atoms. The molecule has 0 fully saturated rings. The molecule has 0 N–H and O–H groups in total. The van der Waals surface area contributed by atoms with Gasteiger partial charge in [-0.05, 0) is 41.4 Å². The van der Waals surface area contributed by atoms with Crippen LogP contribution >= 0.6 is 11.3 Å². The van der Waals surface area contributed by atoms with Crippen LogP contribution in [0.3, 0.4) is 0 Å². The molecule has 0 unspecified atom stereocenters. The number of ketones is 1. The van der Waals surface area contributed by atoms with E-state index in [9.17, 15) is 13.2 Å². The van der Waals surface area contributed by atoms with Gasteiger partial charge in [-0.15, -0.1) is 0 Å². The molecule has 2 rings (SSSR count). The Balaban J connectivity index is 2.34. The molecule has 0 spiro atoms. The molecule has 2 aromatic rings. The van der Waals surface area contributed by atoms with Crippen molar-refractivity contribution in [1.29, 1.82) is 0 Å². The Kier molecular flexibility index (Phi) is 6.06. The second-order valence-corrected chi connectivity index (χ2v) is 7.76. The smallest absolute Gasteiger partial charge is 0.243 e. The van der Waals surface area contributed by atoms with E-state index in [1.165, 1.54) is 41.8 Å². The summed E-state index contributed by atoms with van der Waals surface area (Å²) in [6, 6.07) is 8.02. The van der Waals surface area contributed by atoms with Crippen LogP contribution in [-0.2, 0) is 21.3 Å². The zero-order valence-corrected chi connectivity index (χ0v) is 14.7. The predicted molar refractivity (Wildman–Crippen MR) is 90.2 cm³/mol. The van der Waals surface area contributed by atoms with E-state index in [1.807, 2.05) is 16.8 Å². The zero-order valence-electron chi connectivity index (χ0n) is 13.1. The zero-order chi connectivity index (χ0) is 16.9. The van der Waals surface area contributed by atoms with Crippen molar-refractivity contribution in [1.82, 2.24) is 4.31 Å². The second-order valence-electron chi connectivity index (χ2n) is 5.05. The molecule has 1 aromatic heterocycles. The van der Waals surface area contributed by atoms with Gasteiger partial charge in [0.1, 0.15) is 0 Å². The lowest BCUT2D eigenvalue weighted by molar-refractivity contribution is 0.101. The molecule has 1 aromatic carbocycles. The van der Waals surface area contributed by atoms with Crippen LogP contribution in [0.2, 0.25) is 0 Å². The summed E-state index contributed by atoms with van der Waals surface area (Å²) >= 11 is 1.52. The molecule has 5 nitrogen and oxygen atoms in total. The van der Waals surface area contributed by atoms with Gasteiger partial charge in [-0.2, -0.15) is 15.6 Å². The number of methoxy groups -OCH3 is 1. The number of carbonyl (C=O) groups is 1. The summed E-state index contributed by atoms with van der Waals surface area (Å²) in [4.78, 5) is 11.6. The van der Waals surface area contributed by atoms with E-state index in [4.69, 9.17) is 4.74 Å². The summed E-state index contributed by atoms with van der Waals surface area (Å²) < 4.78 is 32.2. The van der Waals surface area contributed by atoms with E-state index in [2.05, 4.69) is 0 Å². The van der Waals surface area contributed by atoms with E-state index in [-0.39, 0.29) is 23.8 Å². The average molecular weight is 353 g/mol. The van der Waals surface area contributed by atoms with Crippen molar-refractivity contribution < 1.29 is 17.9 Å². The molecule has 0 saturated heterocycles. The molecule has 0 saturated carbocycles. The van der Waals surface area contributed by atoms with Crippen molar-refractivity contribution in [2.45, 2.75) is 18.4 Å². The molecule has 0 atom stereocenters. The third-order valence-corrected chi connectivity index (χ3v) is 5.94. The Bertz CT molecular complexity index is 754. The molecule has 0 aliphatic rings. The Morgan fingerprint density at radius 1 is 1.30 bits per heavy atom. The number of rotatable bonds is 8. The van der Waals surface area contributed by atoms with Gasteiger partial charge >= 0.3 is 0 Å². The van der Waals surface area contributed by atoms with Crippen molar-refractivity contribution >= 4 is 27.1 Å². The predicted octanol–water partition coefficient (Wildman–Crippen LogP) is 2.79. The fourth-order valence-electron chi connectivity index (χ4n) is 2.09. The van der Waals surface area contributed by atoms with Crippen LogP contribution in [0.25, 0.3) is 0 Å². The number of ether oxygens (including phenoxy) is 1. The fourth-order valence-corrected chi connectivity index (χ4v) is 4.21. The number of Topliss-reactive ketones (excluding diaryl/α,β-unsaturated/α-hetero) is 1. The molecule has 0 bridgehead atoms. The first-order chi connectivity index (χ1) is 10.9. The highest BCUT2D eigenvalue weighted by Crippen LogP contribution is 2.20. The van der Waals surface area contributed by atoms with Crippen LogP contribution < -0.4 is 0 Å². The van der Waals surface area contributed by atoms with Crippen LogP contribution in [0, 0.1) is 0 Å². The lowest BCUT2D eigenvalue weighted by atomic mass is 10.2. The van der Waals surface area contributed by atoms with E-state index < -0.39 is 10.0 Å². The maximum absolute atomic E-state index is 12.9. The van der Waals surface area contributed by atoms with Gasteiger partial charge in [0.15, 0.2) is 5.78 Å². The minimum Gasteiger partial charge on any atom is -0.383 e. The SMILES string of the molecule is COCCN(Cc1ccsc1)S(=O)(=O)c1cccc(C(C)=O)c1. The third kappa shape index (κ3) is 4.48. The van der Waals surface area contributed by atoms with Gasteiger partial charge in [0, 0.05) is 25.8 Å². The molecule has 124 valence electrons. The van der Waals surface area contributed by atoms with Gasteiger partial charge in [0.05, 0.1) is 11.5 Å². The van der Waals surface area contributed by atoms with E-state index in [0.717, 1.165) is 5.56 Å². The van der Waals surface area contributed by atoms with Crippen molar-refractivity contribution in [3.8, 4) is 0 Å². The highest BCUT2D eigenvalue weighted by Gasteiger charge is 2.25. The van der Waals surface area contributed by atoms with Crippen molar-refractivity contribution in [3.05, 3.63) is 52.2 Å². The highest BCUT2D eigenvalue weighted by molar-refractivity contribution is 7.89. The van der Waals surface area contributed by atoms with Crippen LogP contribution in [0.5, 0.6) is 0 Å². The Morgan fingerprint density at radius 2 is 2.09 bits per heavy atom. The van der Waals surface area contributed by atoms with Gasteiger partial charge < -0.3 is 4.74 Å². The van der Waals surface area contributed by atoms with E-state index in [0.29, 0.717) is 12.2 Å². The minimum atomic E-state index is -3.70. The lowest BCUT2D eigenvalue weighted by Gasteiger charge is -2.21. The second kappa shape index (κ2) is 7.83. The van der Waals surface area contributed by atoms with Crippen LogP contribution in [0.1, 0.15) is 22.8 Å². The normalized spacial score (nSPS) is 11.8. The maximum atomic E-state index is 12.9. The van der Waals surface area contributed by atoms with Crippen LogP contribution in [0.4, 0.5) is 0 Å².